The van der Waals surface area contributed by atoms with Crippen LogP contribution in [-0.2, 0) is 14.3 Å². The monoisotopic (exact) mass is 455 g/mol. The number of hydrogen-bond acceptors (Lipinski definition) is 4. The minimum atomic E-state index is -0.478. The average Bonchev–Trinajstić information content (AvgIpc) is 2.81. The van der Waals surface area contributed by atoms with Crippen LogP contribution in [0, 0.1) is 11.7 Å². The summed E-state index contributed by atoms with van der Waals surface area (Å²) in [5.41, 5.74) is 1.45. The second-order valence-electron chi connectivity index (χ2n) is 8.68. The molecule has 2 aromatic rings. The lowest BCUT2D eigenvalue weighted by Gasteiger charge is -2.36. The van der Waals surface area contributed by atoms with Crippen LogP contribution >= 0.6 is 0 Å². The smallest absolute Gasteiger partial charge is 0.246 e. The van der Waals surface area contributed by atoms with Gasteiger partial charge >= 0.3 is 0 Å². The molecule has 0 spiro atoms. The van der Waals surface area contributed by atoms with Crippen molar-refractivity contribution in [1.82, 2.24) is 10.2 Å². The Morgan fingerprint density at radius 2 is 1.73 bits per heavy atom. The number of carbonyl (C=O) groups excluding carboxylic acids is 2. The van der Waals surface area contributed by atoms with Crippen molar-refractivity contribution in [3.8, 4) is 0 Å². The largest absolute Gasteiger partial charge is 0.379 e. The molecule has 2 N–H and O–H groups in total. The molecule has 0 radical (unpaired) electrons. The molecule has 7 heteroatoms. The van der Waals surface area contributed by atoms with Gasteiger partial charge in [-0.1, -0.05) is 30.3 Å². The maximum Gasteiger partial charge on any atom is 0.246 e. The molecule has 1 aliphatic rings. The third-order valence-electron chi connectivity index (χ3n) is 5.81. The molecule has 1 fully saturated rings. The lowest BCUT2D eigenvalue weighted by atomic mass is 9.93. The fourth-order valence-electron chi connectivity index (χ4n) is 4.07. The highest BCUT2D eigenvalue weighted by Gasteiger charge is 2.33. The number of nitrogens with one attached hydrogen (secondary N) is 2. The van der Waals surface area contributed by atoms with Gasteiger partial charge in [0.2, 0.25) is 11.8 Å². The number of nitrogens with zero attached hydrogens (tertiary/aromatic N) is 1. The maximum atomic E-state index is 13.2. The highest BCUT2D eigenvalue weighted by Crippen LogP contribution is 2.28. The molecule has 0 bridgehead atoms. The summed E-state index contributed by atoms with van der Waals surface area (Å²) >= 11 is 0. The summed E-state index contributed by atoms with van der Waals surface area (Å²) in [5.74, 6) is -0.490. The molecular weight excluding hydrogens is 421 g/mol. The Labute approximate surface area is 195 Å². The minimum Gasteiger partial charge on any atom is -0.379 e. The number of hydrogen-bond donors (Lipinski definition) is 2. The Bertz CT molecular complexity index is 881. The lowest BCUT2D eigenvalue weighted by Crippen LogP contribution is -2.45. The Morgan fingerprint density at radius 3 is 2.36 bits per heavy atom. The first kappa shape index (κ1) is 24.9. The van der Waals surface area contributed by atoms with Gasteiger partial charge in [-0.15, -0.1) is 0 Å². The van der Waals surface area contributed by atoms with Crippen molar-refractivity contribution in [1.29, 1.82) is 0 Å². The topological polar surface area (TPSA) is 70.7 Å². The lowest BCUT2D eigenvalue weighted by molar-refractivity contribution is -0.127. The number of amides is 2. The van der Waals surface area contributed by atoms with Crippen LogP contribution in [0.25, 0.3) is 0 Å². The number of benzene rings is 2. The van der Waals surface area contributed by atoms with Gasteiger partial charge in [-0.3, -0.25) is 14.5 Å². The number of ether oxygens (including phenoxy) is 1. The molecule has 3 rings (SSSR count). The van der Waals surface area contributed by atoms with E-state index in [9.17, 15) is 14.0 Å². The summed E-state index contributed by atoms with van der Waals surface area (Å²) in [4.78, 5) is 27.9. The van der Waals surface area contributed by atoms with Crippen LogP contribution in [0.3, 0.4) is 0 Å². The molecule has 1 heterocycles. The molecule has 2 aromatic carbocycles. The number of halogens is 1. The average molecular weight is 456 g/mol. The van der Waals surface area contributed by atoms with E-state index in [1.54, 1.807) is 12.1 Å². The summed E-state index contributed by atoms with van der Waals surface area (Å²) in [6.07, 6.45) is 2.38. The molecule has 33 heavy (non-hydrogen) atoms. The molecule has 0 aromatic heterocycles. The van der Waals surface area contributed by atoms with Gasteiger partial charge in [0.1, 0.15) is 11.9 Å². The van der Waals surface area contributed by atoms with Crippen molar-refractivity contribution in [2.75, 3.05) is 31.6 Å². The van der Waals surface area contributed by atoms with E-state index in [1.165, 1.54) is 12.1 Å². The highest BCUT2D eigenvalue weighted by molar-refractivity contribution is 5.95. The van der Waals surface area contributed by atoms with E-state index in [1.807, 2.05) is 44.2 Å². The zero-order valence-corrected chi connectivity index (χ0v) is 19.4. The van der Waals surface area contributed by atoms with Crippen molar-refractivity contribution in [3.05, 3.63) is 66.0 Å². The first-order valence-corrected chi connectivity index (χ1v) is 11.7. The van der Waals surface area contributed by atoms with Crippen molar-refractivity contribution in [2.45, 2.75) is 45.3 Å². The summed E-state index contributed by atoms with van der Waals surface area (Å²) < 4.78 is 18.7. The first-order valence-electron chi connectivity index (χ1n) is 11.7. The SMILES string of the molecule is CC(C)OCCCNC(=O)C1CCN(C(C(=O)Nc2ccc(F)cc2)c2ccccc2)CC1. The molecule has 0 saturated carbocycles. The van der Waals surface area contributed by atoms with Crippen molar-refractivity contribution in [3.63, 3.8) is 0 Å². The molecule has 1 saturated heterocycles. The van der Waals surface area contributed by atoms with Gasteiger partial charge in [0.05, 0.1) is 6.10 Å². The van der Waals surface area contributed by atoms with E-state index in [2.05, 4.69) is 15.5 Å². The Kier molecular flexibility index (Phi) is 9.39. The summed E-state index contributed by atoms with van der Waals surface area (Å²) in [6.45, 7) is 6.52. The molecular formula is C26H34FN3O3. The van der Waals surface area contributed by atoms with Crippen LogP contribution < -0.4 is 10.6 Å². The third kappa shape index (κ3) is 7.65. The highest BCUT2D eigenvalue weighted by atomic mass is 19.1. The predicted octanol–water partition coefficient (Wildman–Crippen LogP) is 4.15. The van der Waals surface area contributed by atoms with Crippen molar-refractivity contribution in [2.24, 2.45) is 5.92 Å². The zero-order valence-electron chi connectivity index (χ0n) is 19.4. The Balaban J connectivity index is 1.57. The predicted molar refractivity (Wildman–Crippen MR) is 127 cm³/mol. The second-order valence-corrected chi connectivity index (χ2v) is 8.68. The zero-order chi connectivity index (χ0) is 23.6. The normalized spacial score (nSPS) is 15.9. The van der Waals surface area contributed by atoms with Crippen LogP contribution in [0.15, 0.2) is 54.6 Å². The second kappa shape index (κ2) is 12.5. The molecule has 0 aliphatic carbocycles. The van der Waals surface area contributed by atoms with Crippen molar-refractivity contribution < 1.29 is 18.7 Å². The van der Waals surface area contributed by atoms with Gasteiger partial charge in [0.25, 0.3) is 0 Å². The fraction of sp³-hybridized carbons (Fsp3) is 0.462. The Morgan fingerprint density at radius 1 is 1.06 bits per heavy atom. The molecule has 2 amide bonds. The summed E-state index contributed by atoms with van der Waals surface area (Å²) in [6, 6.07) is 14.9. The number of rotatable bonds is 10. The molecule has 1 aliphatic heterocycles. The fourth-order valence-corrected chi connectivity index (χ4v) is 4.07. The van der Waals surface area contributed by atoms with E-state index in [0.717, 1.165) is 12.0 Å². The molecule has 1 unspecified atom stereocenters. The van der Waals surface area contributed by atoms with Crippen LogP contribution in [0.5, 0.6) is 0 Å². The number of piperidine rings is 1. The third-order valence-corrected chi connectivity index (χ3v) is 5.81. The minimum absolute atomic E-state index is 0.0520. The van der Waals surface area contributed by atoms with Crippen LogP contribution in [0.1, 0.15) is 44.7 Å². The maximum absolute atomic E-state index is 13.2. The molecule has 178 valence electrons. The van der Waals surface area contributed by atoms with E-state index in [0.29, 0.717) is 44.8 Å². The van der Waals surface area contributed by atoms with Gasteiger partial charge in [0.15, 0.2) is 0 Å². The molecule has 6 nitrogen and oxygen atoms in total. The number of likely N-dealkylation sites (tertiary alicyclic amines) is 1. The van der Waals surface area contributed by atoms with E-state index in [-0.39, 0.29) is 29.7 Å². The first-order chi connectivity index (χ1) is 15.9. The van der Waals surface area contributed by atoms with E-state index in [4.69, 9.17) is 4.74 Å². The van der Waals surface area contributed by atoms with Gasteiger partial charge in [0, 0.05) is 24.8 Å². The standard InChI is InChI=1S/C26H34FN3O3/c1-19(2)33-18-6-15-28-25(31)21-13-16-30(17-14-21)24(20-7-4-3-5-8-20)26(32)29-23-11-9-22(27)10-12-23/h3-5,7-12,19,21,24H,6,13-18H2,1-2H3,(H,28,31)(H,29,32). The van der Waals surface area contributed by atoms with Crippen LogP contribution in [-0.4, -0.2) is 49.1 Å². The van der Waals surface area contributed by atoms with Gasteiger partial charge in [-0.25, -0.2) is 4.39 Å². The quantitative estimate of drug-likeness (QED) is 0.528. The van der Waals surface area contributed by atoms with E-state index < -0.39 is 6.04 Å². The number of carbonyl (C=O) groups is 2. The van der Waals surface area contributed by atoms with Crippen LogP contribution in [0.2, 0.25) is 0 Å². The van der Waals surface area contributed by atoms with Gasteiger partial charge in [-0.05, 0) is 76.0 Å². The van der Waals surface area contributed by atoms with E-state index >= 15 is 0 Å². The summed E-state index contributed by atoms with van der Waals surface area (Å²) in [7, 11) is 0. The van der Waals surface area contributed by atoms with Crippen molar-refractivity contribution >= 4 is 17.5 Å². The number of anilines is 1. The van der Waals surface area contributed by atoms with Gasteiger partial charge in [-0.2, -0.15) is 0 Å². The van der Waals surface area contributed by atoms with Crippen LogP contribution in [0.4, 0.5) is 10.1 Å². The van der Waals surface area contributed by atoms with Gasteiger partial charge < -0.3 is 15.4 Å². The molecule has 1 atom stereocenters. The summed E-state index contributed by atoms with van der Waals surface area (Å²) in [5, 5.41) is 5.92. The Hall–Kier alpha value is -2.77.